The Morgan fingerprint density at radius 1 is 1.03 bits per heavy atom. The number of nitrogens with zero attached hydrogens (tertiary/aromatic N) is 4. The fourth-order valence-corrected chi connectivity index (χ4v) is 4.24. The van der Waals surface area contributed by atoms with Crippen molar-refractivity contribution >= 4 is 22.7 Å². The Bertz CT molecular complexity index is 1550. The zero-order valence-electron chi connectivity index (χ0n) is 17.1. The molecule has 5 rings (SSSR count). The second kappa shape index (κ2) is 8.73. The first-order valence-corrected chi connectivity index (χ1v) is 11.0. The van der Waals surface area contributed by atoms with Crippen LogP contribution in [-0.2, 0) is 5.75 Å². The van der Waals surface area contributed by atoms with Gasteiger partial charge in [-0.1, -0.05) is 23.9 Å². The van der Waals surface area contributed by atoms with Crippen LogP contribution in [0.2, 0.25) is 0 Å². The molecule has 0 atom stereocenters. The third-order valence-electron chi connectivity index (χ3n) is 5.01. The third kappa shape index (κ3) is 4.14. The Morgan fingerprint density at radius 3 is 2.55 bits per heavy atom. The molecule has 0 spiro atoms. The first-order chi connectivity index (χ1) is 16.1. The van der Waals surface area contributed by atoms with Gasteiger partial charge in [-0.15, -0.1) is 0 Å². The van der Waals surface area contributed by atoms with Crippen molar-refractivity contribution in [3.05, 3.63) is 107 Å². The standard InChI is InChI=1S/C25H15FN4O2S/c26-18-9-7-17(8-10-18)22-14-28-23(32-22)15-33-25-29-21-4-2-1-3-20(21)24(31)30(25)19-11-5-16(13-27)6-12-19/h1-12,14H,15H2. The summed E-state index contributed by atoms with van der Waals surface area (Å²) in [5.41, 5.74) is 2.22. The molecule has 0 bridgehead atoms. The highest BCUT2D eigenvalue weighted by Gasteiger charge is 2.15. The highest BCUT2D eigenvalue weighted by Crippen LogP contribution is 2.27. The summed E-state index contributed by atoms with van der Waals surface area (Å²) < 4.78 is 20.5. The van der Waals surface area contributed by atoms with E-state index in [1.165, 1.54) is 28.5 Å². The average molecular weight is 454 g/mol. The van der Waals surface area contributed by atoms with Crippen LogP contribution in [0.4, 0.5) is 4.39 Å². The fourth-order valence-electron chi connectivity index (χ4n) is 3.37. The van der Waals surface area contributed by atoms with Gasteiger partial charge in [0.2, 0.25) is 5.89 Å². The monoisotopic (exact) mass is 454 g/mol. The van der Waals surface area contributed by atoms with Gasteiger partial charge in [0, 0.05) is 5.56 Å². The first-order valence-electron chi connectivity index (χ1n) is 9.98. The molecule has 0 unspecified atom stereocenters. The molecule has 2 aromatic heterocycles. The van der Waals surface area contributed by atoms with Gasteiger partial charge in [-0.2, -0.15) is 5.26 Å². The van der Waals surface area contributed by atoms with Crippen LogP contribution in [-0.4, -0.2) is 14.5 Å². The molecule has 5 aromatic rings. The summed E-state index contributed by atoms with van der Waals surface area (Å²) in [7, 11) is 0. The molecular formula is C25H15FN4O2S. The van der Waals surface area contributed by atoms with Crippen molar-refractivity contribution in [1.29, 1.82) is 5.26 Å². The molecule has 33 heavy (non-hydrogen) atoms. The zero-order chi connectivity index (χ0) is 22.8. The number of halogens is 1. The second-order valence-electron chi connectivity index (χ2n) is 7.12. The van der Waals surface area contributed by atoms with Crippen molar-refractivity contribution in [2.24, 2.45) is 0 Å². The van der Waals surface area contributed by atoms with Crippen molar-refractivity contribution in [2.45, 2.75) is 10.9 Å². The molecule has 6 nitrogen and oxygen atoms in total. The lowest BCUT2D eigenvalue weighted by molar-refractivity contribution is 0.529. The molecule has 0 saturated heterocycles. The van der Waals surface area contributed by atoms with E-state index in [9.17, 15) is 9.18 Å². The molecule has 0 amide bonds. The summed E-state index contributed by atoms with van der Waals surface area (Å²) in [5.74, 6) is 0.995. The number of aromatic nitrogens is 3. The maximum Gasteiger partial charge on any atom is 0.266 e. The molecular weight excluding hydrogens is 439 g/mol. The van der Waals surface area contributed by atoms with Gasteiger partial charge in [0.25, 0.3) is 5.56 Å². The number of oxazole rings is 1. The topological polar surface area (TPSA) is 84.7 Å². The van der Waals surface area contributed by atoms with Crippen LogP contribution in [0.5, 0.6) is 0 Å². The SMILES string of the molecule is N#Cc1ccc(-n2c(SCc3ncc(-c4ccc(F)cc4)o3)nc3ccccc3c2=O)cc1. The summed E-state index contributed by atoms with van der Waals surface area (Å²) in [6, 6.07) is 22.0. The van der Waals surface area contributed by atoms with Gasteiger partial charge in [-0.05, 0) is 60.7 Å². The summed E-state index contributed by atoms with van der Waals surface area (Å²) >= 11 is 1.32. The van der Waals surface area contributed by atoms with Gasteiger partial charge < -0.3 is 4.42 Å². The molecule has 0 saturated carbocycles. The number of para-hydroxylation sites is 1. The molecule has 8 heteroatoms. The van der Waals surface area contributed by atoms with Crippen LogP contribution >= 0.6 is 11.8 Å². The normalized spacial score (nSPS) is 10.9. The van der Waals surface area contributed by atoms with E-state index in [1.807, 2.05) is 6.07 Å². The fraction of sp³-hybridized carbons (Fsp3) is 0.0400. The van der Waals surface area contributed by atoms with E-state index >= 15 is 0 Å². The number of thioether (sulfide) groups is 1. The van der Waals surface area contributed by atoms with E-state index in [1.54, 1.807) is 60.8 Å². The minimum absolute atomic E-state index is 0.202. The van der Waals surface area contributed by atoms with Crippen LogP contribution in [0.1, 0.15) is 11.5 Å². The minimum Gasteiger partial charge on any atom is -0.440 e. The van der Waals surface area contributed by atoms with Gasteiger partial charge in [0.05, 0.1) is 40.2 Å². The molecule has 160 valence electrons. The number of rotatable bonds is 5. The van der Waals surface area contributed by atoms with Gasteiger partial charge in [-0.25, -0.2) is 14.4 Å². The van der Waals surface area contributed by atoms with Gasteiger partial charge in [-0.3, -0.25) is 9.36 Å². The van der Waals surface area contributed by atoms with Gasteiger partial charge in [0.15, 0.2) is 10.9 Å². The van der Waals surface area contributed by atoms with Crippen molar-refractivity contribution in [3.63, 3.8) is 0 Å². The lowest BCUT2D eigenvalue weighted by Crippen LogP contribution is -2.21. The number of hydrogen-bond donors (Lipinski definition) is 0. The summed E-state index contributed by atoms with van der Waals surface area (Å²) in [6.07, 6.45) is 1.59. The van der Waals surface area contributed by atoms with E-state index in [0.29, 0.717) is 44.7 Å². The Morgan fingerprint density at radius 2 is 1.79 bits per heavy atom. The smallest absolute Gasteiger partial charge is 0.266 e. The molecule has 0 aliphatic rings. The number of benzene rings is 3. The predicted octanol–water partition coefficient (Wildman–Crippen LogP) is 5.34. The molecule has 0 aliphatic carbocycles. The molecule has 0 fully saturated rings. The zero-order valence-corrected chi connectivity index (χ0v) is 17.9. The van der Waals surface area contributed by atoms with Crippen LogP contribution in [0.25, 0.3) is 27.9 Å². The van der Waals surface area contributed by atoms with Crippen molar-refractivity contribution in [1.82, 2.24) is 14.5 Å². The Balaban J connectivity index is 1.50. The van der Waals surface area contributed by atoms with E-state index in [4.69, 9.17) is 14.7 Å². The highest BCUT2D eigenvalue weighted by atomic mass is 32.2. The van der Waals surface area contributed by atoms with Crippen LogP contribution in [0.15, 0.2) is 93.4 Å². The van der Waals surface area contributed by atoms with E-state index in [-0.39, 0.29) is 11.4 Å². The van der Waals surface area contributed by atoms with Crippen molar-refractivity contribution in [2.75, 3.05) is 0 Å². The molecule has 0 aliphatic heterocycles. The third-order valence-corrected chi connectivity index (χ3v) is 5.93. The van der Waals surface area contributed by atoms with Gasteiger partial charge in [0.1, 0.15) is 5.82 Å². The Kier molecular flexibility index (Phi) is 5.47. The maximum absolute atomic E-state index is 13.3. The Hall–Kier alpha value is -4.22. The second-order valence-corrected chi connectivity index (χ2v) is 8.07. The molecule has 2 heterocycles. The number of hydrogen-bond acceptors (Lipinski definition) is 6. The number of nitriles is 1. The van der Waals surface area contributed by atoms with Crippen LogP contribution < -0.4 is 5.56 Å². The predicted molar refractivity (Wildman–Crippen MR) is 124 cm³/mol. The quantitative estimate of drug-likeness (QED) is 0.263. The molecule has 0 N–H and O–H groups in total. The van der Waals surface area contributed by atoms with Gasteiger partial charge >= 0.3 is 0 Å². The van der Waals surface area contributed by atoms with Crippen molar-refractivity contribution in [3.8, 4) is 23.1 Å². The van der Waals surface area contributed by atoms with Crippen LogP contribution in [0.3, 0.4) is 0 Å². The minimum atomic E-state index is -0.322. The lowest BCUT2D eigenvalue weighted by atomic mass is 10.2. The largest absolute Gasteiger partial charge is 0.440 e. The van der Waals surface area contributed by atoms with Crippen molar-refractivity contribution < 1.29 is 8.81 Å². The maximum atomic E-state index is 13.3. The summed E-state index contributed by atoms with van der Waals surface area (Å²) in [5, 5.41) is 10.1. The van der Waals surface area contributed by atoms with E-state index in [2.05, 4.69) is 11.1 Å². The Labute approximate surface area is 192 Å². The molecule has 3 aromatic carbocycles. The van der Waals surface area contributed by atoms with Crippen LogP contribution in [0, 0.1) is 17.1 Å². The summed E-state index contributed by atoms with van der Waals surface area (Å²) in [4.78, 5) is 22.3. The first kappa shape index (κ1) is 20.7. The molecule has 0 radical (unpaired) electrons. The van der Waals surface area contributed by atoms with E-state index < -0.39 is 0 Å². The lowest BCUT2D eigenvalue weighted by Gasteiger charge is -2.12. The highest BCUT2D eigenvalue weighted by molar-refractivity contribution is 7.98. The summed E-state index contributed by atoms with van der Waals surface area (Å²) in [6.45, 7) is 0. The number of fused-ring (bicyclic) bond motifs is 1. The van der Waals surface area contributed by atoms with E-state index in [0.717, 1.165) is 5.56 Å². The average Bonchev–Trinajstić information content (AvgIpc) is 3.32.